The summed E-state index contributed by atoms with van der Waals surface area (Å²) in [4.78, 5) is 11.4. The first-order chi connectivity index (χ1) is 7.66. The molecule has 3 atom stereocenters. The Balaban J connectivity index is 2.75. The molecule has 1 saturated carbocycles. The van der Waals surface area contributed by atoms with Gasteiger partial charge in [0.2, 0.25) is 0 Å². The summed E-state index contributed by atoms with van der Waals surface area (Å²) in [7, 11) is 1.17. The van der Waals surface area contributed by atoms with Gasteiger partial charge in [-0.05, 0) is 20.3 Å². The van der Waals surface area contributed by atoms with Crippen LogP contribution in [-0.4, -0.2) is 52.0 Å². The highest BCUT2D eigenvalue weighted by molar-refractivity contribution is 5.79. The number of hydrogen-bond donors (Lipinski definition) is 3. The Labute approximate surface area is 100 Å². The van der Waals surface area contributed by atoms with E-state index in [0.717, 1.165) is 0 Å². The highest BCUT2D eigenvalue weighted by Crippen LogP contribution is 2.33. The second-order valence-electron chi connectivity index (χ2n) is 5.01. The van der Waals surface area contributed by atoms with Gasteiger partial charge >= 0.3 is 5.97 Å². The van der Waals surface area contributed by atoms with Crippen molar-refractivity contribution in [3.63, 3.8) is 0 Å². The van der Waals surface area contributed by atoms with E-state index >= 15 is 0 Å². The maximum Gasteiger partial charge on any atom is 0.338 e. The normalized spacial score (nSPS) is 34.5. The number of ether oxygens (including phenoxy) is 2. The monoisotopic (exact) mass is 248 g/mol. The van der Waals surface area contributed by atoms with Gasteiger partial charge in [-0.2, -0.15) is 0 Å². The third-order valence-corrected chi connectivity index (χ3v) is 2.69. The molecule has 0 amide bonds. The zero-order chi connectivity index (χ0) is 13.3. The van der Waals surface area contributed by atoms with Crippen LogP contribution in [0.2, 0.25) is 0 Å². The molecule has 0 aliphatic heterocycles. The quantitative estimate of drug-likeness (QED) is 0.462. The lowest BCUT2D eigenvalue weighted by atomic mass is 9.81. The molecule has 0 aromatic rings. The van der Waals surface area contributed by atoms with Crippen molar-refractivity contribution < 1.29 is 29.6 Å². The predicted molar refractivity (Wildman–Crippen MR) is 58.0 cm³/mol. The minimum atomic E-state index is -1.75. The number of methoxy groups -OCH3 is 1. The van der Waals surface area contributed by atoms with E-state index in [9.17, 15) is 20.1 Å². The lowest BCUT2D eigenvalue weighted by Gasteiger charge is -2.38. The van der Waals surface area contributed by atoms with Gasteiger partial charge in [0.05, 0.1) is 19.3 Å². The van der Waals surface area contributed by atoms with Crippen LogP contribution in [0.25, 0.3) is 0 Å². The molecule has 1 rings (SSSR count). The standard InChI is InChI=1S/C11H20O6/c1-10(2,14)17-8-4-7(12)5-11(15,6-8)9(13)16-3/h7-8,12,14-15H,4-6H2,1-3H3/t7-,8-,11+/m0/s1. The van der Waals surface area contributed by atoms with Crippen molar-refractivity contribution in [2.45, 2.75) is 56.7 Å². The Kier molecular flexibility index (Phi) is 4.14. The van der Waals surface area contributed by atoms with Crippen LogP contribution in [0.5, 0.6) is 0 Å². The molecular formula is C11H20O6. The van der Waals surface area contributed by atoms with Crippen LogP contribution < -0.4 is 0 Å². The van der Waals surface area contributed by atoms with Crippen LogP contribution in [-0.2, 0) is 14.3 Å². The second-order valence-corrected chi connectivity index (χ2v) is 5.01. The molecule has 3 N–H and O–H groups in total. The summed E-state index contributed by atoms with van der Waals surface area (Å²) in [6.07, 6.45) is -1.27. The zero-order valence-corrected chi connectivity index (χ0v) is 10.3. The van der Waals surface area contributed by atoms with E-state index in [1.54, 1.807) is 0 Å². The SMILES string of the molecule is COC(=O)[C@@]1(O)C[C@@H](O)C[C@H](OC(C)(C)O)C1. The van der Waals surface area contributed by atoms with Crippen LogP contribution in [0.3, 0.4) is 0 Å². The Morgan fingerprint density at radius 3 is 2.47 bits per heavy atom. The minimum absolute atomic E-state index is 0.000718. The first kappa shape index (κ1) is 14.4. The average molecular weight is 248 g/mol. The average Bonchev–Trinajstić information content (AvgIpc) is 2.11. The minimum Gasteiger partial charge on any atom is -0.467 e. The zero-order valence-electron chi connectivity index (χ0n) is 10.3. The van der Waals surface area contributed by atoms with Gasteiger partial charge in [-0.3, -0.25) is 0 Å². The number of aliphatic hydroxyl groups excluding tert-OH is 1. The highest BCUT2D eigenvalue weighted by Gasteiger charge is 2.46. The maximum atomic E-state index is 11.4. The van der Waals surface area contributed by atoms with E-state index in [0.29, 0.717) is 0 Å². The molecule has 0 aromatic carbocycles. The number of carbonyl (C=O) groups is 1. The molecule has 0 aromatic heterocycles. The summed E-state index contributed by atoms with van der Waals surface area (Å²) in [6, 6.07) is 0. The van der Waals surface area contributed by atoms with Gasteiger partial charge in [-0.25, -0.2) is 4.79 Å². The number of rotatable bonds is 3. The Bertz CT molecular complexity index is 284. The van der Waals surface area contributed by atoms with E-state index in [2.05, 4.69) is 4.74 Å². The predicted octanol–water partition coefficient (Wildman–Crippen LogP) is -0.451. The molecule has 0 radical (unpaired) electrons. The van der Waals surface area contributed by atoms with Crippen molar-refractivity contribution in [2.75, 3.05) is 7.11 Å². The van der Waals surface area contributed by atoms with Gasteiger partial charge in [-0.15, -0.1) is 0 Å². The Morgan fingerprint density at radius 1 is 1.41 bits per heavy atom. The summed E-state index contributed by atoms with van der Waals surface area (Å²) in [5.41, 5.74) is -1.75. The highest BCUT2D eigenvalue weighted by atomic mass is 16.6. The molecule has 1 aliphatic carbocycles. The van der Waals surface area contributed by atoms with E-state index in [1.165, 1.54) is 21.0 Å². The topological polar surface area (TPSA) is 96.2 Å². The van der Waals surface area contributed by atoms with Crippen LogP contribution in [0, 0.1) is 0 Å². The van der Waals surface area contributed by atoms with Crippen LogP contribution >= 0.6 is 0 Å². The summed E-state index contributed by atoms with van der Waals surface area (Å²) < 4.78 is 9.77. The fraction of sp³-hybridized carbons (Fsp3) is 0.909. The van der Waals surface area contributed by atoms with E-state index < -0.39 is 29.6 Å². The second kappa shape index (κ2) is 4.89. The number of esters is 1. The molecule has 0 heterocycles. The van der Waals surface area contributed by atoms with Crippen LogP contribution in [0.1, 0.15) is 33.1 Å². The summed E-state index contributed by atoms with van der Waals surface area (Å²) in [6.45, 7) is 2.90. The van der Waals surface area contributed by atoms with Gasteiger partial charge in [-0.1, -0.05) is 0 Å². The molecular weight excluding hydrogens is 228 g/mol. The third-order valence-electron chi connectivity index (χ3n) is 2.69. The van der Waals surface area contributed by atoms with E-state index in [-0.39, 0.29) is 19.3 Å². The molecule has 0 bridgehead atoms. The molecule has 6 nitrogen and oxygen atoms in total. The van der Waals surface area contributed by atoms with Crippen LogP contribution in [0.15, 0.2) is 0 Å². The largest absolute Gasteiger partial charge is 0.467 e. The number of hydrogen-bond acceptors (Lipinski definition) is 6. The maximum absolute atomic E-state index is 11.4. The van der Waals surface area contributed by atoms with E-state index in [4.69, 9.17) is 4.74 Å². The lowest BCUT2D eigenvalue weighted by molar-refractivity contribution is -0.234. The summed E-state index contributed by atoms with van der Waals surface area (Å²) >= 11 is 0. The van der Waals surface area contributed by atoms with Gasteiger partial charge in [0.15, 0.2) is 11.4 Å². The Morgan fingerprint density at radius 2 is 2.00 bits per heavy atom. The van der Waals surface area contributed by atoms with Gasteiger partial charge < -0.3 is 24.8 Å². The molecule has 100 valence electrons. The molecule has 1 fully saturated rings. The van der Waals surface area contributed by atoms with Crippen molar-refractivity contribution >= 4 is 5.97 Å². The van der Waals surface area contributed by atoms with Crippen LogP contribution in [0.4, 0.5) is 0 Å². The molecule has 0 saturated heterocycles. The smallest absolute Gasteiger partial charge is 0.338 e. The fourth-order valence-corrected chi connectivity index (χ4v) is 2.17. The van der Waals surface area contributed by atoms with E-state index in [1.807, 2.05) is 0 Å². The summed E-state index contributed by atoms with van der Waals surface area (Å²) in [5.74, 6) is -2.17. The molecule has 0 unspecified atom stereocenters. The van der Waals surface area contributed by atoms with Gasteiger partial charge in [0.1, 0.15) is 0 Å². The van der Waals surface area contributed by atoms with Crippen molar-refractivity contribution in [1.29, 1.82) is 0 Å². The van der Waals surface area contributed by atoms with Crippen molar-refractivity contribution in [3.05, 3.63) is 0 Å². The first-order valence-electron chi connectivity index (χ1n) is 5.55. The molecule has 1 aliphatic rings. The Hall–Kier alpha value is -0.690. The van der Waals surface area contributed by atoms with Crippen molar-refractivity contribution in [2.24, 2.45) is 0 Å². The van der Waals surface area contributed by atoms with Gasteiger partial charge in [0.25, 0.3) is 0 Å². The van der Waals surface area contributed by atoms with Crippen molar-refractivity contribution in [3.8, 4) is 0 Å². The third kappa shape index (κ3) is 3.92. The van der Waals surface area contributed by atoms with Crippen molar-refractivity contribution in [1.82, 2.24) is 0 Å². The first-order valence-corrected chi connectivity index (χ1v) is 5.55. The lowest BCUT2D eigenvalue weighted by Crippen LogP contribution is -2.51. The number of aliphatic hydroxyl groups is 3. The number of carbonyl (C=O) groups excluding carboxylic acids is 1. The van der Waals surface area contributed by atoms with Gasteiger partial charge in [0, 0.05) is 12.8 Å². The fourth-order valence-electron chi connectivity index (χ4n) is 2.17. The summed E-state index contributed by atoms with van der Waals surface area (Å²) in [5, 5.41) is 29.2. The molecule has 0 spiro atoms. The molecule has 17 heavy (non-hydrogen) atoms. The molecule has 6 heteroatoms.